The first-order valence-electron chi connectivity index (χ1n) is 4.26. The minimum atomic E-state index is -2.66. The van der Waals surface area contributed by atoms with Crippen molar-refractivity contribution in [1.82, 2.24) is 20.4 Å². The molecule has 1 atom stereocenters. The van der Waals surface area contributed by atoms with E-state index in [0.717, 1.165) is 0 Å². The lowest BCUT2D eigenvalue weighted by molar-refractivity contribution is 0.0624. The maximum absolute atomic E-state index is 12.6. The Bertz CT molecular complexity index is 479. The van der Waals surface area contributed by atoms with Gasteiger partial charge in [-0.3, -0.25) is 0 Å². The highest BCUT2D eigenvalue weighted by Gasteiger charge is 2.33. The van der Waals surface area contributed by atoms with E-state index in [0.29, 0.717) is 11.2 Å². The maximum Gasteiger partial charge on any atom is 0.260 e. The predicted molar refractivity (Wildman–Crippen MR) is 49.2 cm³/mol. The number of aromatic amines is 1. The molecule has 0 amide bonds. The van der Waals surface area contributed by atoms with Gasteiger partial charge in [0.25, 0.3) is 6.43 Å². The van der Waals surface area contributed by atoms with Crippen molar-refractivity contribution in [2.75, 3.05) is 0 Å². The number of nitrogens with one attached hydrogen (secondary N) is 1. The van der Waals surface area contributed by atoms with Crippen LogP contribution in [0.3, 0.4) is 0 Å². The van der Waals surface area contributed by atoms with Gasteiger partial charge in [0.1, 0.15) is 11.1 Å². The van der Waals surface area contributed by atoms with Gasteiger partial charge in [0.05, 0.1) is 0 Å². The first kappa shape index (κ1) is 9.91. The molecular formula is C8H9F2N5. The number of rotatable bonds is 2. The van der Waals surface area contributed by atoms with Crippen molar-refractivity contribution >= 4 is 11.2 Å². The van der Waals surface area contributed by atoms with Gasteiger partial charge in [-0.05, 0) is 18.6 Å². The minimum Gasteiger partial charge on any atom is -0.317 e. The summed E-state index contributed by atoms with van der Waals surface area (Å²) in [6, 6.07) is 1.46. The number of halogens is 2. The van der Waals surface area contributed by atoms with Crippen LogP contribution in [0.2, 0.25) is 0 Å². The lowest BCUT2D eigenvalue weighted by Crippen LogP contribution is -2.40. The molecule has 1 unspecified atom stereocenters. The van der Waals surface area contributed by atoms with Gasteiger partial charge in [0, 0.05) is 6.20 Å². The number of hydrogen-bond acceptors (Lipinski definition) is 4. The average Bonchev–Trinajstić information content (AvgIpc) is 2.63. The van der Waals surface area contributed by atoms with Crippen LogP contribution in [0.1, 0.15) is 12.5 Å². The molecule has 2 rings (SSSR count). The molecule has 0 saturated carbocycles. The Morgan fingerprint density at radius 2 is 2.20 bits per heavy atom. The second-order valence-electron chi connectivity index (χ2n) is 3.47. The lowest BCUT2D eigenvalue weighted by atomic mass is 9.95. The van der Waals surface area contributed by atoms with Crippen LogP contribution in [0.4, 0.5) is 8.78 Å². The highest BCUT2D eigenvalue weighted by molar-refractivity contribution is 5.69. The van der Waals surface area contributed by atoms with Crippen molar-refractivity contribution in [3.05, 3.63) is 17.8 Å². The Kier molecular flexibility index (Phi) is 2.11. The van der Waals surface area contributed by atoms with Crippen LogP contribution >= 0.6 is 0 Å². The fraction of sp³-hybridized carbons (Fsp3) is 0.375. The smallest absolute Gasteiger partial charge is 0.260 e. The van der Waals surface area contributed by atoms with Gasteiger partial charge < -0.3 is 5.73 Å². The Hall–Kier alpha value is -1.63. The summed E-state index contributed by atoms with van der Waals surface area (Å²) in [6.45, 7) is 1.25. The minimum absolute atomic E-state index is 0.235. The average molecular weight is 213 g/mol. The first-order valence-corrected chi connectivity index (χ1v) is 4.26. The van der Waals surface area contributed by atoms with E-state index in [9.17, 15) is 8.78 Å². The maximum atomic E-state index is 12.6. The molecule has 5 nitrogen and oxygen atoms in total. The fourth-order valence-electron chi connectivity index (χ4n) is 1.16. The second-order valence-corrected chi connectivity index (χ2v) is 3.47. The Labute approximate surface area is 83.7 Å². The summed E-state index contributed by atoms with van der Waals surface area (Å²) in [5.74, 6) is 0. The fourth-order valence-corrected chi connectivity index (χ4v) is 1.16. The molecule has 0 spiro atoms. The highest BCUT2D eigenvalue weighted by Crippen LogP contribution is 2.25. The van der Waals surface area contributed by atoms with Crippen LogP contribution < -0.4 is 5.73 Å². The number of pyridine rings is 1. The number of alkyl halides is 2. The van der Waals surface area contributed by atoms with E-state index in [1.54, 1.807) is 0 Å². The monoisotopic (exact) mass is 213 g/mol. The van der Waals surface area contributed by atoms with E-state index < -0.39 is 12.0 Å². The third-order valence-electron chi connectivity index (χ3n) is 2.25. The predicted octanol–water partition coefficient (Wildman–Crippen LogP) is 0.792. The molecule has 80 valence electrons. The molecule has 7 heteroatoms. The standard InChI is InChI=1S/C8H9F2N5/c1-8(11,7(9)10)4-2-5-6(12-3-4)14-15-13-5/h2-3,7H,11H2,1H3,(H,12,13,14,15). The molecule has 2 aromatic heterocycles. The zero-order chi connectivity index (χ0) is 11.1. The van der Waals surface area contributed by atoms with Crippen molar-refractivity contribution in [2.45, 2.75) is 18.9 Å². The molecular weight excluding hydrogens is 204 g/mol. The molecule has 15 heavy (non-hydrogen) atoms. The Morgan fingerprint density at radius 3 is 2.87 bits per heavy atom. The van der Waals surface area contributed by atoms with Crippen molar-refractivity contribution in [3.8, 4) is 0 Å². The number of nitrogens with zero attached hydrogens (tertiary/aromatic N) is 3. The van der Waals surface area contributed by atoms with E-state index in [1.165, 1.54) is 19.2 Å². The molecule has 0 saturated heterocycles. The molecule has 3 N–H and O–H groups in total. The molecule has 0 radical (unpaired) electrons. The summed E-state index contributed by atoms with van der Waals surface area (Å²) in [5.41, 5.74) is 4.80. The molecule has 2 heterocycles. The third-order valence-corrected chi connectivity index (χ3v) is 2.25. The zero-order valence-corrected chi connectivity index (χ0v) is 7.91. The van der Waals surface area contributed by atoms with Gasteiger partial charge in [-0.1, -0.05) is 0 Å². The number of fused-ring (bicyclic) bond motifs is 1. The Morgan fingerprint density at radius 1 is 1.47 bits per heavy atom. The van der Waals surface area contributed by atoms with Gasteiger partial charge in [-0.25, -0.2) is 13.8 Å². The quantitative estimate of drug-likeness (QED) is 0.772. The first-order chi connectivity index (χ1) is 7.01. The van der Waals surface area contributed by atoms with E-state index >= 15 is 0 Å². The summed E-state index contributed by atoms with van der Waals surface area (Å²) in [4.78, 5) is 3.87. The topological polar surface area (TPSA) is 80.5 Å². The van der Waals surface area contributed by atoms with Crippen LogP contribution in [0.15, 0.2) is 12.3 Å². The number of hydrogen-bond donors (Lipinski definition) is 2. The highest BCUT2D eigenvalue weighted by atomic mass is 19.3. The molecule has 0 aliphatic carbocycles. The van der Waals surface area contributed by atoms with Crippen molar-refractivity contribution in [1.29, 1.82) is 0 Å². The van der Waals surface area contributed by atoms with Crippen molar-refractivity contribution in [3.63, 3.8) is 0 Å². The largest absolute Gasteiger partial charge is 0.317 e. The molecule has 0 aliphatic heterocycles. The summed E-state index contributed by atoms with van der Waals surface area (Å²) >= 11 is 0. The number of aromatic nitrogens is 4. The number of nitrogens with two attached hydrogens (primary N) is 1. The van der Waals surface area contributed by atoms with E-state index in [2.05, 4.69) is 20.4 Å². The van der Waals surface area contributed by atoms with Gasteiger partial charge >= 0.3 is 0 Å². The van der Waals surface area contributed by atoms with Crippen molar-refractivity contribution < 1.29 is 8.78 Å². The van der Waals surface area contributed by atoms with Gasteiger partial charge in [0.2, 0.25) is 5.65 Å². The van der Waals surface area contributed by atoms with E-state index in [1.807, 2.05) is 0 Å². The van der Waals surface area contributed by atoms with Crippen LogP contribution in [0.5, 0.6) is 0 Å². The molecule has 0 aromatic carbocycles. The lowest BCUT2D eigenvalue weighted by Gasteiger charge is -2.23. The van der Waals surface area contributed by atoms with Crippen LogP contribution in [0.25, 0.3) is 11.2 Å². The van der Waals surface area contributed by atoms with Crippen LogP contribution in [-0.4, -0.2) is 26.8 Å². The van der Waals surface area contributed by atoms with Gasteiger partial charge in [-0.2, -0.15) is 10.3 Å². The second kappa shape index (κ2) is 3.20. The van der Waals surface area contributed by atoms with E-state index in [4.69, 9.17) is 5.73 Å². The SMILES string of the molecule is CC(N)(c1cnc2n[nH]nc2c1)C(F)F. The third kappa shape index (κ3) is 1.54. The van der Waals surface area contributed by atoms with E-state index in [-0.39, 0.29) is 5.56 Å². The normalized spacial score (nSPS) is 15.8. The van der Waals surface area contributed by atoms with Crippen molar-refractivity contribution in [2.24, 2.45) is 5.73 Å². The van der Waals surface area contributed by atoms with Gasteiger partial charge in [0.15, 0.2) is 0 Å². The zero-order valence-electron chi connectivity index (χ0n) is 7.91. The Balaban J connectivity index is 2.52. The number of H-pyrrole nitrogens is 1. The molecule has 2 aromatic rings. The summed E-state index contributed by atoms with van der Waals surface area (Å²) < 4.78 is 25.3. The van der Waals surface area contributed by atoms with Gasteiger partial charge in [-0.15, -0.1) is 5.10 Å². The van der Waals surface area contributed by atoms with Crippen LogP contribution in [0, 0.1) is 0 Å². The molecule has 0 fully saturated rings. The van der Waals surface area contributed by atoms with Crippen LogP contribution in [-0.2, 0) is 5.54 Å². The summed E-state index contributed by atoms with van der Waals surface area (Å²) in [6.07, 6.45) is -1.37. The summed E-state index contributed by atoms with van der Waals surface area (Å²) in [5, 5.41) is 9.82. The molecule has 0 aliphatic rings. The molecule has 0 bridgehead atoms. The summed E-state index contributed by atoms with van der Waals surface area (Å²) in [7, 11) is 0.